The van der Waals surface area contributed by atoms with Crippen molar-refractivity contribution in [1.82, 2.24) is 0 Å². The Labute approximate surface area is 276 Å². The van der Waals surface area contributed by atoms with Crippen LogP contribution in [0.2, 0.25) is 0 Å². The maximum absolute atomic E-state index is 14.9. The van der Waals surface area contributed by atoms with Gasteiger partial charge in [0.15, 0.2) is 17.5 Å². The van der Waals surface area contributed by atoms with Gasteiger partial charge in [-0.25, -0.2) is 0 Å². The van der Waals surface area contributed by atoms with Crippen LogP contribution < -0.4 is 0 Å². The molecular formula is C38H60O8. The normalized spacial score (nSPS) is 36.5. The number of allylic oxidation sites excluding steroid dienone is 1. The van der Waals surface area contributed by atoms with Gasteiger partial charge in [0.25, 0.3) is 0 Å². The van der Waals surface area contributed by atoms with Crippen molar-refractivity contribution in [3.63, 3.8) is 0 Å². The summed E-state index contributed by atoms with van der Waals surface area (Å²) in [5.41, 5.74) is -4.77. The van der Waals surface area contributed by atoms with Gasteiger partial charge in [0, 0.05) is 23.7 Å². The van der Waals surface area contributed by atoms with E-state index in [1.165, 1.54) is 38.5 Å². The number of fused-ring (bicyclic) bond motifs is 3. The Kier molecular flexibility index (Phi) is 11.1. The third-order valence-corrected chi connectivity index (χ3v) is 12.4. The van der Waals surface area contributed by atoms with Crippen molar-refractivity contribution < 1.29 is 39.2 Å². The van der Waals surface area contributed by atoms with Crippen molar-refractivity contribution in [2.45, 2.75) is 149 Å². The molecule has 2 saturated carbocycles. The predicted molar refractivity (Wildman–Crippen MR) is 176 cm³/mol. The number of hydrogen-bond donors (Lipinski definition) is 3. The fourth-order valence-electron chi connectivity index (χ4n) is 9.22. The summed E-state index contributed by atoms with van der Waals surface area (Å²) in [4.78, 5) is 41.5. The number of aliphatic hydroxyl groups excluding tert-OH is 2. The van der Waals surface area contributed by atoms with Gasteiger partial charge >= 0.3 is 11.9 Å². The maximum atomic E-state index is 14.9. The molecule has 0 amide bonds. The van der Waals surface area contributed by atoms with E-state index in [0.717, 1.165) is 19.3 Å². The van der Waals surface area contributed by atoms with E-state index in [1.54, 1.807) is 26.0 Å². The first-order valence-corrected chi connectivity index (χ1v) is 18.0. The number of rotatable bonds is 15. The molecule has 260 valence electrons. The molecule has 4 aliphatic carbocycles. The van der Waals surface area contributed by atoms with E-state index >= 15 is 0 Å². The Hall–Kier alpha value is -2.03. The lowest BCUT2D eigenvalue weighted by Crippen LogP contribution is -2.66. The van der Waals surface area contributed by atoms with Crippen molar-refractivity contribution in [1.29, 1.82) is 0 Å². The number of esters is 2. The number of ether oxygens (including phenoxy) is 2. The van der Waals surface area contributed by atoms with E-state index in [2.05, 4.69) is 6.92 Å². The maximum Gasteiger partial charge on any atom is 0.309 e. The third kappa shape index (κ3) is 5.83. The van der Waals surface area contributed by atoms with E-state index in [9.17, 15) is 29.7 Å². The van der Waals surface area contributed by atoms with Crippen LogP contribution in [0.15, 0.2) is 23.3 Å². The number of unbranched alkanes of at least 4 members (excludes halogenated alkanes) is 8. The molecule has 8 nitrogen and oxygen atoms in total. The smallest absolute Gasteiger partial charge is 0.309 e. The average Bonchev–Trinajstić information content (AvgIpc) is 3.40. The standard InChI is InChI=1S/C38H60O8/c1-9-10-11-12-13-14-15-16-17-18-29(40)46-37-21-25(5)36-20-24(4)33(45-34(43)26(6)23(2)3)38(36,44)31(41)27(22-39)19-28(32(36)42)30(37)35(37,7)8/h19-20,23,25-26,28,30-31,33,39,41,44H,9-18,21-22H2,1-8H3/t25?,26?,28-,30+,31+,33-,36?,37-,38-/m0/s1. The molecule has 3 N–H and O–H groups in total. The van der Waals surface area contributed by atoms with Crippen molar-refractivity contribution in [2.24, 2.45) is 40.4 Å². The van der Waals surface area contributed by atoms with Gasteiger partial charge < -0.3 is 24.8 Å². The van der Waals surface area contributed by atoms with Crippen molar-refractivity contribution in [3.05, 3.63) is 23.3 Å². The molecule has 0 heterocycles. The van der Waals surface area contributed by atoms with E-state index in [0.29, 0.717) is 18.4 Å². The van der Waals surface area contributed by atoms with Gasteiger partial charge in [-0.05, 0) is 42.7 Å². The van der Waals surface area contributed by atoms with Gasteiger partial charge in [0.2, 0.25) is 0 Å². The second kappa shape index (κ2) is 13.8. The van der Waals surface area contributed by atoms with Crippen LogP contribution in [0.1, 0.15) is 126 Å². The number of ketones is 1. The minimum absolute atomic E-state index is 0.0176. The lowest BCUT2D eigenvalue weighted by atomic mass is 9.59. The molecule has 1 spiro atoms. The number of carbonyl (C=O) groups excluding carboxylic acids is 3. The summed E-state index contributed by atoms with van der Waals surface area (Å²) in [6.45, 7) is 14.8. The molecule has 46 heavy (non-hydrogen) atoms. The zero-order chi connectivity index (χ0) is 34.2. The van der Waals surface area contributed by atoms with Gasteiger partial charge in [-0.1, -0.05) is 112 Å². The molecule has 0 aromatic heterocycles. The van der Waals surface area contributed by atoms with Crippen LogP contribution >= 0.6 is 0 Å². The highest BCUT2D eigenvalue weighted by Gasteiger charge is 2.83. The third-order valence-electron chi connectivity index (χ3n) is 12.4. The molecule has 0 aromatic rings. The number of hydrogen-bond acceptors (Lipinski definition) is 8. The van der Waals surface area contributed by atoms with E-state index in [1.807, 2.05) is 34.6 Å². The lowest BCUT2D eigenvalue weighted by Gasteiger charge is -2.49. The molecule has 9 atom stereocenters. The second-order valence-corrected chi connectivity index (χ2v) is 15.9. The zero-order valence-corrected chi connectivity index (χ0v) is 29.6. The predicted octanol–water partition coefficient (Wildman–Crippen LogP) is 6.24. The highest BCUT2D eigenvalue weighted by molar-refractivity contribution is 5.96. The van der Waals surface area contributed by atoms with Gasteiger partial charge in [-0.15, -0.1) is 0 Å². The van der Waals surface area contributed by atoms with Crippen molar-refractivity contribution in [3.8, 4) is 0 Å². The Morgan fingerprint density at radius 1 is 1.02 bits per heavy atom. The molecule has 0 aromatic carbocycles. The Morgan fingerprint density at radius 2 is 1.61 bits per heavy atom. The highest BCUT2D eigenvalue weighted by Crippen LogP contribution is 2.75. The van der Waals surface area contributed by atoms with Gasteiger partial charge in [-0.3, -0.25) is 14.4 Å². The molecule has 0 radical (unpaired) electrons. The highest BCUT2D eigenvalue weighted by atomic mass is 16.6. The number of Topliss-reactive ketones (excluding diaryl/α,β-unsaturated/α-hetero) is 1. The Balaban J connectivity index is 1.60. The van der Waals surface area contributed by atoms with Crippen LogP contribution in [-0.2, 0) is 23.9 Å². The summed E-state index contributed by atoms with van der Waals surface area (Å²) >= 11 is 0. The minimum Gasteiger partial charge on any atom is -0.458 e. The van der Waals surface area contributed by atoms with Crippen LogP contribution in [0, 0.1) is 40.4 Å². The molecule has 4 aliphatic rings. The zero-order valence-electron chi connectivity index (χ0n) is 29.6. The fraction of sp³-hybridized carbons (Fsp3) is 0.816. The molecule has 0 aliphatic heterocycles. The second-order valence-electron chi connectivity index (χ2n) is 15.9. The van der Waals surface area contributed by atoms with Crippen LogP contribution in [0.5, 0.6) is 0 Å². The van der Waals surface area contributed by atoms with Crippen LogP contribution in [0.25, 0.3) is 0 Å². The summed E-state index contributed by atoms with van der Waals surface area (Å²) in [5.74, 6) is -3.39. The summed E-state index contributed by atoms with van der Waals surface area (Å²) in [6, 6.07) is 0. The average molecular weight is 645 g/mol. The molecule has 2 bridgehead atoms. The quantitative estimate of drug-likeness (QED) is 0.108. The molecule has 2 fully saturated rings. The molecular weight excluding hydrogens is 584 g/mol. The summed E-state index contributed by atoms with van der Waals surface area (Å²) in [6.07, 6.45) is 11.3. The van der Waals surface area contributed by atoms with E-state index in [4.69, 9.17) is 9.47 Å². The molecule has 0 saturated heterocycles. The van der Waals surface area contributed by atoms with Crippen LogP contribution in [0.3, 0.4) is 0 Å². The largest absolute Gasteiger partial charge is 0.458 e. The monoisotopic (exact) mass is 644 g/mol. The van der Waals surface area contributed by atoms with Gasteiger partial charge in [-0.2, -0.15) is 0 Å². The van der Waals surface area contributed by atoms with Gasteiger partial charge in [0.1, 0.15) is 11.7 Å². The first-order valence-electron chi connectivity index (χ1n) is 18.0. The van der Waals surface area contributed by atoms with Crippen molar-refractivity contribution >= 4 is 17.7 Å². The minimum atomic E-state index is -2.24. The molecule has 4 rings (SSSR count). The summed E-state index contributed by atoms with van der Waals surface area (Å²) in [7, 11) is 0. The van der Waals surface area contributed by atoms with E-state index in [-0.39, 0.29) is 23.2 Å². The summed E-state index contributed by atoms with van der Waals surface area (Å²) in [5, 5.41) is 35.0. The van der Waals surface area contributed by atoms with Crippen LogP contribution in [0.4, 0.5) is 0 Å². The summed E-state index contributed by atoms with van der Waals surface area (Å²) < 4.78 is 12.4. The SMILES string of the molecule is CCCCCCCCCCCC(=O)O[C@@]12CC(C)C34C=C(C)[C@H](OC(=O)C(C)C(C)C)[C@@]3(O)[C@H](O)C(CO)=C[C@H](C4=O)[C@@H]1C2(C)C. The number of aliphatic hydroxyl groups is 3. The van der Waals surface area contributed by atoms with Crippen molar-refractivity contribution in [2.75, 3.05) is 6.61 Å². The molecule has 3 unspecified atom stereocenters. The first-order chi connectivity index (χ1) is 21.6. The molecule has 8 heteroatoms. The fourth-order valence-corrected chi connectivity index (χ4v) is 9.22. The van der Waals surface area contributed by atoms with Gasteiger partial charge in [0.05, 0.1) is 17.9 Å². The Morgan fingerprint density at radius 3 is 2.17 bits per heavy atom. The first kappa shape index (κ1) is 36.8. The van der Waals surface area contributed by atoms with E-state index < -0.39 is 70.5 Å². The topological polar surface area (TPSA) is 130 Å². The lowest BCUT2D eigenvalue weighted by molar-refractivity contribution is -0.206. The van der Waals surface area contributed by atoms with Crippen LogP contribution in [-0.4, -0.2) is 63.1 Å². The number of carbonyl (C=O) groups is 3. The Bertz CT molecular complexity index is 1220.